The van der Waals surface area contributed by atoms with E-state index < -0.39 is 17.3 Å². The number of rotatable bonds is 8. The van der Waals surface area contributed by atoms with Crippen molar-refractivity contribution in [2.45, 2.75) is 49.3 Å². The van der Waals surface area contributed by atoms with Gasteiger partial charge in [0.1, 0.15) is 17.3 Å². The Bertz CT molecular complexity index is 6020. The molecule has 0 fully saturated rings. The summed E-state index contributed by atoms with van der Waals surface area (Å²) in [5.74, 6) is -1.21. The minimum atomic E-state index is -1.45. The van der Waals surface area contributed by atoms with Crippen LogP contribution < -0.4 is 29.5 Å². The number of hydrogen-bond acceptors (Lipinski definition) is 7. The van der Waals surface area contributed by atoms with Crippen LogP contribution in [0.1, 0.15) is 123 Å². The third-order valence-corrected chi connectivity index (χ3v) is 22.3. The average Bonchev–Trinajstić information content (AvgIpc) is 1.34. The highest BCUT2D eigenvalue weighted by atomic mass is 35.5. The highest BCUT2D eigenvalue weighted by molar-refractivity contribution is 6.37. The molecule has 19 rings (SSSR count). The van der Waals surface area contributed by atoms with Gasteiger partial charge in [0.25, 0.3) is 5.91 Å². The van der Waals surface area contributed by atoms with E-state index in [9.17, 15) is 28.7 Å². The molecule has 11 nitrogen and oxygen atoms in total. The van der Waals surface area contributed by atoms with Gasteiger partial charge in [0.05, 0.1) is 37.8 Å². The minimum absolute atomic E-state index is 0.0253. The largest absolute Gasteiger partial charge is 0.497 e. The van der Waals surface area contributed by atoms with E-state index in [4.69, 9.17) is 21.1 Å². The Labute approximate surface area is 679 Å². The second kappa shape index (κ2) is 34.4. The van der Waals surface area contributed by atoms with E-state index in [1.165, 1.54) is 32.7 Å². The van der Waals surface area contributed by atoms with E-state index in [2.05, 4.69) is 175 Å². The normalized spacial score (nSPS) is 15.7. The summed E-state index contributed by atoms with van der Waals surface area (Å²) in [7, 11) is 1.69. The molecule has 4 heterocycles. The van der Waals surface area contributed by atoms with Gasteiger partial charge in [0, 0.05) is 51.9 Å². The Kier molecular flexibility index (Phi) is 22.5. The third-order valence-electron chi connectivity index (χ3n) is 22.0. The van der Waals surface area contributed by atoms with Gasteiger partial charge in [-0.2, -0.15) is 0 Å². The number of fused-ring (bicyclic) bond motifs is 8. The average molecular weight is 1540 g/mol. The van der Waals surface area contributed by atoms with Crippen LogP contribution in [0.25, 0.3) is 0 Å². The van der Waals surface area contributed by atoms with Gasteiger partial charge >= 0.3 is 18.0 Å². The summed E-state index contributed by atoms with van der Waals surface area (Å²) < 4.78 is 25.1. The predicted molar refractivity (Wildman–Crippen MR) is 459 cm³/mol. The van der Waals surface area contributed by atoms with E-state index in [0.29, 0.717) is 41.7 Å². The lowest BCUT2D eigenvalue weighted by Gasteiger charge is -2.37. The molecule has 15 aromatic carbocycles. The Morgan fingerprint density at radius 1 is 0.388 bits per heavy atom. The molecule has 3 amide bonds. The molecule has 0 saturated carbocycles. The number of carboxylic acids is 1. The maximum absolute atomic E-state index is 13.9. The van der Waals surface area contributed by atoms with Crippen molar-refractivity contribution in [3.8, 4) is 11.5 Å². The lowest BCUT2D eigenvalue weighted by atomic mass is 9.64. The highest BCUT2D eigenvalue weighted by Gasteiger charge is 2.44. The molecular formula is C103H80ClFN4O7. The maximum Gasteiger partial charge on any atom is 0.420 e. The molecule has 0 aromatic heterocycles. The molecule has 4 aliphatic heterocycles. The fourth-order valence-electron chi connectivity index (χ4n) is 16.8. The first-order valence-electron chi connectivity index (χ1n) is 38.6. The number of methoxy groups -OCH3 is 1. The number of nitrogens with zero attached hydrogens (tertiary/aromatic N) is 3. The van der Waals surface area contributed by atoms with Crippen molar-refractivity contribution < 1.29 is 38.1 Å². The number of aliphatic carboxylic acids is 1. The van der Waals surface area contributed by atoms with Gasteiger partial charge < -0.3 is 24.8 Å². The van der Waals surface area contributed by atoms with Gasteiger partial charge in [-0.3, -0.25) is 19.4 Å². The molecule has 4 aliphatic rings. The lowest BCUT2D eigenvalue weighted by Crippen LogP contribution is -2.36. The van der Waals surface area contributed by atoms with Crippen LogP contribution in [0.15, 0.2) is 388 Å². The second-order valence-electron chi connectivity index (χ2n) is 28.7. The van der Waals surface area contributed by atoms with Crippen LogP contribution in [0.4, 0.5) is 31.9 Å². The summed E-state index contributed by atoms with van der Waals surface area (Å²) in [5, 5.41) is 13.5. The lowest BCUT2D eigenvalue weighted by molar-refractivity contribution is -0.148. The van der Waals surface area contributed by atoms with Crippen molar-refractivity contribution in [3.05, 3.63) is 499 Å². The van der Waals surface area contributed by atoms with Gasteiger partial charge in [-0.1, -0.05) is 315 Å². The number of carboxylic acid groups (broad SMARTS) is 1. The van der Waals surface area contributed by atoms with Crippen molar-refractivity contribution in [3.63, 3.8) is 0 Å². The summed E-state index contributed by atoms with van der Waals surface area (Å²) in [6.07, 6.45) is -0.378. The number of ether oxygens (including phenoxy) is 2. The topological polar surface area (TPSA) is 129 Å². The maximum atomic E-state index is 13.9. The van der Waals surface area contributed by atoms with Crippen LogP contribution in [-0.4, -0.2) is 36.1 Å². The first-order chi connectivity index (χ1) is 56.9. The summed E-state index contributed by atoms with van der Waals surface area (Å²) in [5.41, 5.74) is 22.7. The Morgan fingerprint density at radius 2 is 0.784 bits per heavy atom. The molecule has 116 heavy (non-hydrogen) atoms. The number of carbonyl (C=O) groups excluding carboxylic acids is 3. The van der Waals surface area contributed by atoms with Gasteiger partial charge in [0.15, 0.2) is 0 Å². The van der Waals surface area contributed by atoms with Gasteiger partial charge in [-0.25, -0.2) is 14.0 Å². The number of amides is 3. The molecule has 15 aromatic rings. The van der Waals surface area contributed by atoms with Crippen molar-refractivity contribution in [1.29, 1.82) is 0 Å². The van der Waals surface area contributed by atoms with E-state index in [-0.39, 0.29) is 42.1 Å². The molecular weight excluding hydrogens is 1460 g/mol. The van der Waals surface area contributed by atoms with E-state index >= 15 is 0 Å². The minimum Gasteiger partial charge on any atom is -0.497 e. The zero-order chi connectivity index (χ0) is 79.5. The monoisotopic (exact) mass is 1540 g/mol. The molecule has 0 aliphatic carbocycles. The fourth-order valence-corrected chi connectivity index (χ4v) is 16.9. The first kappa shape index (κ1) is 75.8. The molecule has 4 atom stereocenters. The molecule has 2 N–H and O–H groups in total. The van der Waals surface area contributed by atoms with Crippen LogP contribution in [0.2, 0.25) is 5.02 Å². The molecule has 0 saturated heterocycles. The summed E-state index contributed by atoms with van der Waals surface area (Å²) >= 11 is 6.04. The van der Waals surface area contributed by atoms with E-state index in [1.807, 2.05) is 175 Å². The fraction of sp³-hybridized carbons (Fsp3) is 0.0874. The van der Waals surface area contributed by atoms with Crippen LogP contribution in [0, 0.1) is 5.82 Å². The molecule has 568 valence electrons. The summed E-state index contributed by atoms with van der Waals surface area (Å²) in [6.45, 7) is 1.90. The Balaban J connectivity index is 0.000000116. The van der Waals surface area contributed by atoms with Crippen LogP contribution in [0.5, 0.6) is 11.5 Å². The van der Waals surface area contributed by atoms with E-state index in [1.54, 1.807) is 60.5 Å². The van der Waals surface area contributed by atoms with Gasteiger partial charge in [0.2, 0.25) is 0 Å². The number of anilines is 4. The Morgan fingerprint density at radius 3 is 1.28 bits per heavy atom. The number of nitrogens with one attached hydrogen (secondary N) is 1. The Hall–Kier alpha value is -14.2. The SMILES string of the molecule is COc1ccc2c(c1)CNc1ccccc1C2(c1ccccc1)c1ccc(F)cc1.O=C(O)C(=O)N1Cc2ccccc2C(c2ccccc2)c2ccccc21.O=C(Oc1ccccc1)N1Cc2ccccc2C(c2ccccc2)c2ccccc21.O=C(c1ccc(Cl)cc1)N1Cc2ccccc2C(c2ccccc2)c2ccccc21. The van der Waals surface area contributed by atoms with Crippen LogP contribution >= 0.6 is 11.6 Å². The highest BCUT2D eigenvalue weighted by Crippen LogP contribution is 2.52. The zero-order valence-corrected chi connectivity index (χ0v) is 64.3. The van der Waals surface area contributed by atoms with Crippen LogP contribution in [0.3, 0.4) is 0 Å². The van der Waals surface area contributed by atoms with Gasteiger partial charge in [-0.15, -0.1) is 0 Å². The van der Waals surface area contributed by atoms with Crippen molar-refractivity contribution in [2.24, 2.45) is 0 Å². The van der Waals surface area contributed by atoms with Crippen molar-refractivity contribution in [2.75, 3.05) is 27.1 Å². The van der Waals surface area contributed by atoms with Crippen molar-refractivity contribution >= 4 is 58.2 Å². The quantitative estimate of drug-likeness (QED) is 0.144. The van der Waals surface area contributed by atoms with Crippen molar-refractivity contribution in [1.82, 2.24) is 0 Å². The number of carbonyl (C=O) groups is 4. The van der Waals surface area contributed by atoms with E-state index in [0.717, 1.165) is 89.6 Å². The predicted octanol–water partition coefficient (Wildman–Crippen LogP) is 23.0. The van der Waals surface area contributed by atoms with Gasteiger partial charge in [-0.05, 0) is 180 Å². The molecule has 0 spiro atoms. The standard InChI is InChI=1S/C27H20ClNO.C27H22FNO.C27H21NO2.C22H17NO3/c28-22-16-14-20(15-17-22)27(30)29-18-21-10-4-5-11-23(21)26(19-8-2-1-3-9-19)24-12-6-7-13-25(24)29;1-30-23-15-16-24-19(17-23)18-29-26-10-6-5-9-25(26)27(24,20-7-3-2-4-8-20)21-11-13-22(28)14-12-21;29-27(30-22-14-5-2-6-15-22)28-19-21-13-7-8-16-23(21)26(20-11-3-1-4-12-20)24-17-9-10-18-25(24)28;24-21(22(25)26)23-14-16-10-4-5-11-17(16)20(15-8-2-1-3-9-15)18-12-6-7-13-19(18)23/h1-17,26H,18H2;2-17,29H,18H2,1H3;1-18,26H,19H2;1-13,20H,14H2,(H,25,26). The molecule has 0 radical (unpaired) electrons. The molecule has 13 heteroatoms. The number of halogens is 2. The molecule has 4 unspecified atom stereocenters. The first-order valence-corrected chi connectivity index (χ1v) is 38.9. The number of benzene rings is 15. The third kappa shape index (κ3) is 15.5. The zero-order valence-electron chi connectivity index (χ0n) is 63.5. The number of hydrogen-bond donors (Lipinski definition) is 2. The summed E-state index contributed by atoms with van der Waals surface area (Å²) in [6, 6.07) is 128. The summed E-state index contributed by atoms with van der Waals surface area (Å²) in [4.78, 5) is 55.6. The second-order valence-corrected chi connectivity index (χ2v) is 29.1. The number of para-hydroxylation sites is 5. The smallest absolute Gasteiger partial charge is 0.420 e. The van der Waals surface area contributed by atoms with Crippen LogP contribution in [-0.2, 0) is 41.2 Å². The molecule has 0 bridgehead atoms.